The second-order valence-corrected chi connectivity index (χ2v) is 4.48. The van der Waals surface area contributed by atoms with Crippen molar-refractivity contribution in [2.24, 2.45) is 5.73 Å². The molecule has 0 aliphatic heterocycles. The van der Waals surface area contributed by atoms with E-state index in [-0.39, 0.29) is 6.04 Å². The van der Waals surface area contributed by atoms with Gasteiger partial charge in [0, 0.05) is 17.8 Å². The highest BCUT2D eigenvalue weighted by Crippen LogP contribution is 2.24. The number of hydrogen-bond donors (Lipinski definition) is 1. The van der Waals surface area contributed by atoms with Gasteiger partial charge < -0.3 is 10.5 Å². The second-order valence-electron chi connectivity index (χ2n) is 4.48. The molecule has 1 heterocycles. The van der Waals surface area contributed by atoms with Crippen LogP contribution in [0.25, 0.3) is 11.1 Å². The number of nitrogens with zero attached hydrogens (tertiary/aromatic N) is 1. The van der Waals surface area contributed by atoms with Gasteiger partial charge in [-0.25, -0.2) is 0 Å². The van der Waals surface area contributed by atoms with Crippen LogP contribution in [0.5, 0.6) is 5.75 Å². The molecule has 19 heavy (non-hydrogen) atoms. The van der Waals surface area contributed by atoms with E-state index in [0.29, 0.717) is 6.61 Å². The SMILES string of the molecule is CCOc1cncc(-c2ccc(C(N)CC)cc2)c1. The molecule has 1 atom stereocenters. The van der Waals surface area contributed by atoms with Crippen molar-refractivity contribution in [1.29, 1.82) is 0 Å². The van der Waals surface area contributed by atoms with Crippen LogP contribution in [-0.4, -0.2) is 11.6 Å². The number of hydrogen-bond acceptors (Lipinski definition) is 3. The van der Waals surface area contributed by atoms with Gasteiger partial charge >= 0.3 is 0 Å². The van der Waals surface area contributed by atoms with E-state index in [2.05, 4.69) is 36.2 Å². The van der Waals surface area contributed by atoms with Crippen LogP contribution in [0, 0.1) is 0 Å². The van der Waals surface area contributed by atoms with Crippen LogP contribution in [-0.2, 0) is 0 Å². The molecule has 2 N–H and O–H groups in total. The Morgan fingerprint density at radius 3 is 2.47 bits per heavy atom. The molecule has 3 heteroatoms. The van der Waals surface area contributed by atoms with Gasteiger partial charge in [0.15, 0.2) is 0 Å². The zero-order chi connectivity index (χ0) is 13.7. The predicted octanol–water partition coefficient (Wildman–Crippen LogP) is 3.56. The van der Waals surface area contributed by atoms with Crippen LogP contribution in [0.2, 0.25) is 0 Å². The zero-order valence-electron chi connectivity index (χ0n) is 11.5. The van der Waals surface area contributed by atoms with E-state index in [1.165, 1.54) is 5.56 Å². The average molecular weight is 256 g/mol. The fourth-order valence-electron chi connectivity index (χ4n) is 1.98. The first-order valence-corrected chi connectivity index (χ1v) is 6.68. The third kappa shape index (κ3) is 3.32. The highest BCUT2D eigenvalue weighted by atomic mass is 16.5. The van der Waals surface area contributed by atoms with Gasteiger partial charge in [0.2, 0.25) is 0 Å². The molecule has 3 nitrogen and oxygen atoms in total. The van der Waals surface area contributed by atoms with Gasteiger partial charge in [0.1, 0.15) is 5.75 Å². The predicted molar refractivity (Wildman–Crippen MR) is 78.1 cm³/mol. The molecule has 100 valence electrons. The number of benzene rings is 1. The lowest BCUT2D eigenvalue weighted by atomic mass is 10.0. The molecular weight excluding hydrogens is 236 g/mol. The highest BCUT2D eigenvalue weighted by molar-refractivity contribution is 5.64. The molecule has 0 saturated carbocycles. The molecule has 1 aromatic heterocycles. The van der Waals surface area contributed by atoms with E-state index in [1.807, 2.05) is 19.2 Å². The van der Waals surface area contributed by atoms with Gasteiger partial charge in [0.05, 0.1) is 12.8 Å². The molecule has 1 unspecified atom stereocenters. The summed E-state index contributed by atoms with van der Waals surface area (Å²) in [7, 11) is 0. The van der Waals surface area contributed by atoms with Crippen molar-refractivity contribution in [2.75, 3.05) is 6.61 Å². The van der Waals surface area contributed by atoms with Crippen molar-refractivity contribution in [2.45, 2.75) is 26.3 Å². The Bertz CT molecular complexity index is 523. The molecule has 0 aliphatic rings. The lowest BCUT2D eigenvalue weighted by Gasteiger charge is -2.10. The minimum atomic E-state index is 0.113. The van der Waals surface area contributed by atoms with Gasteiger partial charge in [-0.3, -0.25) is 4.98 Å². The number of pyridine rings is 1. The van der Waals surface area contributed by atoms with Crippen LogP contribution < -0.4 is 10.5 Å². The molecule has 0 fully saturated rings. The third-order valence-electron chi connectivity index (χ3n) is 3.14. The quantitative estimate of drug-likeness (QED) is 0.889. The molecular formula is C16H20N2O. The maximum atomic E-state index is 6.01. The number of nitrogens with two attached hydrogens (primary N) is 1. The molecule has 1 aromatic carbocycles. The van der Waals surface area contributed by atoms with Crippen molar-refractivity contribution in [1.82, 2.24) is 4.98 Å². The largest absolute Gasteiger partial charge is 0.492 e. The summed E-state index contributed by atoms with van der Waals surface area (Å²) in [6, 6.07) is 10.4. The Labute approximate surface area is 114 Å². The van der Waals surface area contributed by atoms with E-state index in [0.717, 1.165) is 23.3 Å². The van der Waals surface area contributed by atoms with E-state index in [4.69, 9.17) is 10.5 Å². The van der Waals surface area contributed by atoms with Crippen LogP contribution in [0.3, 0.4) is 0 Å². The van der Waals surface area contributed by atoms with Crippen molar-refractivity contribution in [3.8, 4) is 16.9 Å². The Morgan fingerprint density at radius 2 is 1.84 bits per heavy atom. The summed E-state index contributed by atoms with van der Waals surface area (Å²) >= 11 is 0. The number of aromatic nitrogens is 1. The minimum absolute atomic E-state index is 0.113. The van der Waals surface area contributed by atoms with E-state index >= 15 is 0 Å². The lowest BCUT2D eigenvalue weighted by Crippen LogP contribution is -2.08. The van der Waals surface area contributed by atoms with Gasteiger partial charge in [-0.1, -0.05) is 31.2 Å². The van der Waals surface area contributed by atoms with Crippen LogP contribution in [0.15, 0.2) is 42.7 Å². The van der Waals surface area contributed by atoms with Crippen LogP contribution in [0.4, 0.5) is 0 Å². The Hall–Kier alpha value is -1.87. The average Bonchev–Trinajstić information content (AvgIpc) is 2.47. The second kappa shape index (κ2) is 6.34. The summed E-state index contributed by atoms with van der Waals surface area (Å²) in [5.74, 6) is 0.800. The summed E-state index contributed by atoms with van der Waals surface area (Å²) in [6.45, 7) is 4.71. The molecule has 0 bridgehead atoms. The van der Waals surface area contributed by atoms with Gasteiger partial charge in [0.25, 0.3) is 0 Å². The smallest absolute Gasteiger partial charge is 0.138 e. The maximum absolute atomic E-state index is 6.01. The van der Waals surface area contributed by atoms with E-state index in [1.54, 1.807) is 6.20 Å². The fraction of sp³-hybridized carbons (Fsp3) is 0.312. The van der Waals surface area contributed by atoms with Crippen LogP contribution >= 0.6 is 0 Å². The van der Waals surface area contributed by atoms with Gasteiger partial charge in [-0.2, -0.15) is 0 Å². The Kier molecular flexibility index (Phi) is 4.53. The van der Waals surface area contributed by atoms with Gasteiger partial charge in [-0.15, -0.1) is 0 Å². The summed E-state index contributed by atoms with van der Waals surface area (Å²) < 4.78 is 5.46. The molecule has 0 saturated heterocycles. The highest BCUT2D eigenvalue weighted by Gasteiger charge is 2.04. The minimum Gasteiger partial charge on any atom is -0.492 e. The molecule has 0 spiro atoms. The Balaban J connectivity index is 2.24. The van der Waals surface area contributed by atoms with Crippen molar-refractivity contribution < 1.29 is 4.74 Å². The first kappa shape index (κ1) is 13.6. The summed E-state index contributed by atoms with van der Waals surface area (Å²) in [5, 5.41) is 0. The standard InChI is InChI=1S/C16H20N2O/c1-3-16(17)13-7-5-12(6-8-13)14-9-15(19-4-2)11-18-10-14/h5-11,16H,3-4,17H2,1-2H3. The summed E-state index contributed by atoms with van der Waals surface area (Å²) in [5.41, 5.74) is 9.37. The lowest BCUT2D eigenvalue weighted by molar-refractivity contribution is 0.339. The van der Waals surface area contributed by atoms with Crippen molar-refractivity contribution >= 4 is 0 Å². The molecule has 0 amide bonds. The molecule has 2 rings (SSSR count). The Morgan fingerprint density at radius 1 is 1.11 bits per heavy atom. The summed E-state index contributed by atoms with van der Waals surface area (Å²) in [6.07, 6.45) is 4.52. The number of rotatable bonds is 5. The topological polar surface area (TPSA) is 48.1 Å². The third-order valence-corrected chi connectivity index (χ3v) is 3.14. The maximum Gasteiger partial charge on any atom is 0.138 e. The fourth-order valence-corrected chi connectivity index (χ4v) is 1.98. The number of ether oxygens (including phenoxy) is 1. The van der Waals surface area contributed by atoms with Crippen molar-refractivity contribution in [3.05, 3.63) is 48.3 Å². The van der Waals surface area contributed by atoms with Gasteiger partial charge in [-0.05, 0) is 30.5 Å². The first-order chi connectivity index (χ1) is 9.24. The van der Waals surface area contributed by atoms with E-state index < -0.39 is 0 Å². The first-order valence-electron chi connectivity index (χ1n) is 6.68. The van der Waals surface area contributed by atoms with Crippen LogP contribution in [0.1, 0.15) is 31.9 Å². The monoisotopic (exact) mass is 256 g/mol. The van der Waals surface area contributed by atoms with E-state index in [9.17, 15) is 0 Å². The molecule has 0 aliphatic carbocycles. The zero-order valence-corrected chi connectivity index (χ0v) is 11.5. The normalized spacial score (nSPS) is 12.2. The van der Waals surface area contributed by atoms with Crippen molar-refractivity contribution in [3.63, 3.8) is 0 Å². The molecule has 2 aromatic rings. The molecule has 0 radical (unpaired) electrons. The summed E-state index contributed by atoms with van der Waals surface area (Å²) in [4.78, 5) is 4.20.